The van der Waals surface area contributed by atoms with Crippen molar-refractivity contribution in [2.45, 2.75) is 25.4 Å². The highest BCUT2D eigenvalue weighted by Crippen LogP contribution is 2.34. The van der Waals surface area contributed by atoms with Crippen LogP contribution in [0.4, 0.5) is 13.2 Å². The number of aryl methyl sites for hydroxylation is 2. The van der Waals surface area contributed by atoms with Crippen molar-refractivity contribution >= 4 is 11.6 Å². The second kappa shape index (κ2) is 5.49. The maximum absolute atomic E-state index is 12.5. The molecule has 0 aliphatic carbocycles. The Morgan fingerprint density at radius 2 is 1.55 bits per heavy atom. The Morgan fingerprint density at radius 3 is 2.10 bits per heavy atom. The molecule has 0 aromatic heterocycles. The van der Waals surface area contributed by atoms with Gasteiger partial charge in [-0.05, 0) is 42.7 Å². The van der Waals surface area contributed by atoms with Gasteiger partial charge < -0.3 is 0 Å². The van der Waals surface area contributed by atoms with E-state index >= 15 is 0 Å². The molecule has 0 heterocycles. The third-order valence-electron chi connectivity index (χ3n) is 3.24. The molecule has 106 valence electrons. The lowest BCUT2D eigenvalue weighted by atomic mass is 9.97. The minimum atomic E-state index is -4.32. The fraction of sp³-hybridized carbons (Fsp3) is 0.250. The average molecular weight is 299 g/mol. The van der Waals surface area contributed by atoms with Crippen molar-refractivity contribution in [3.05, 3.63) is 70.3 Å². The zero-order valence-corrected chi connectivity index (χ0v) is 11.9. The van der Waals surface area contributed by atoms with Gasteiger partial charge in [-0.1, -0.05) is 35.9 Å². The molecule has 4 heteroatoms. The average Bonchev–Trinajstić information content (AvgIpc) is 2.40. The molecular formula is C16H14ClF3. The van der Waals surface area contributed by atoms with Crippen LogP contribution in [0, 0.1) is 13.8 Å². The van der Waals surface area contributed by atoms with E-state index in [4.69, 9.17) is 11.6 Å². The summed E-state index contributed by atoms with van der Waals surface area (Å²) in [4.78, 5) is 0. The Balaban J connectivity index is 2.34. The molecule has 0 bridgehead atoms. The molecule has 0 saturated heterocycles. The third kappa shape index (κ3) is 3.15. The van der Waals surface area contributed by atoms with E-state index < -0.39 is 17.1 Å². The molecule has 0 amide bonds. The molecule has 1 atom stereocenters. The van der Waals surface area contributed by atoms with E-state index in [-0.39, 0.29) is 0 Å². The van der Waals surface area contributed by atoms with Gasteiger partial charge in [-0.2, -0.15) is 13.2 Å². The van der Waals surface area contributed by atoms with Crippen LogP contribution in [-0.2, 0) is 6.18 Å². The van der Waals surface area contributed by atoms with Crippen LogP contribution in [0.2, 0.25) is 0 Å². The molecular weight excluding hydrogens is 285 g/mol. The minimum Gasteiger partial charge on any atom is -0.166 e. The lowest BCUT2D eigenvalue weighted by Gasteiger charge is -2.15. The first-order valence-corrected chi connectivity index (χ1v) is 6.61. The molecule has 0 aliphatic rings. The number of alkyl halides is 4. The number of hydrogen-bond acceptors (Lipinski definition) is 0. The van der Waals surface area contributed by atoms with Gasteiger partial charge in [0.25, 0.3) is 0 Å². The molecule has 0 saturated carbocycles. The number of rotatable bonds is 2. The van der Waals surface area contributed by atoms with Crippen LogP contribution < -0.4 is 0 Å². The van der Waals surface area contributed by atoms with Crippen molar-refractivity contribution < 1.29 is 13.2 Å². The van der Waals surface area contributed by atoms with Crippen LogP contribution in [0.5, 0.6) is 0 Å². The van der Waals surface area contributed by atoms with E-state index in [1.807, 2.05) is 32.0 Å². The fourth-order valence-electron chi connectivity index (χ4n) is 2.05. The van der Waals surface area contributed by atoms with Gasteiger partial charge in [0.15, 0.2) is 0 Å². The van der Waals surface area contributed by atoms with Gasteiger partial charge in [-0.3, -0.25) is 0 Å². The van der Waals surface area contributed by atoms with Crippen molar-refractivity contribution in [2.75, 3.05) is 0 Å². The van der Waals surface area contributed by atoms with E-state index in [1.165, 1.54) is 12.1 Å². The van der Waals surface area contributed by atoms with Gasteiger partial charge in [-0.15, -0.1) is 11.6 Å². The summed E-state index contributed by atoms with van der Waals surface area (Å²) in [5.41, 5.74) is 3.02. The van der Waals surface area contributed by atoms with Crippen molar-refractivity contribution in [2.24, 2.45) is 0 Å². The van der Waals surface area contributed by atoms with Crippen molar-refractivity contribution in [1.29, 1.82) is 0 Å². The normalized spacial score (nSPS) is 13.3. The number of hydrogen-bond donors (Lipinski definition) is 0. The molecule has 2 aromatic carbocycles. The van der Waals surface area contributed by atoms with Gasteiger partial charge in [0.2, 0.25) is 0 Å². The summed E-state index contributed by atoms with van der Waals surface area (Å²) in [6.07, 6.45) is -4.32. The smallest absolute Gasteiger partial charge is 0.166 e. The van der Waals surface area contributed by atoms with Crippen LogP contribution >= 0.6 is 11.6 Å². The van der Waals surface area contributed by atoms with Gasteiger partial charge in [-0.25, -0.2) is 0 Å². The highest BCUT2D eigenvalue weighted by Gasteiger charge is 2.30. The highest BCUT2D eigenvalue weighted by atomic mass is 35.5. The standard InChI is InChI=1S/C16H14ClF3/c1-10-3-4-11(2)14(9-10)15(17)12-5-7-13(8-6-12)16(18,19)20/h3-9,15H,1-2H3. The van der Waals surface area contributed by atoms with Crippen LogP contribution in [0.1, 0.15) is 33.2 Å². The summed E-state index contributed by atoms with van der Waals surface area (Å²) in [5, 5.41) is -0.447. The fourth-order valence-corrected chi connectivity index (χ4v) is 2.43. The molecule has 0 nitrogen and oxygen atoms in total. The van der Waals surface area contributed by atoms with E-state index in [1.54, 1.807) is 0 Å². The maximum atomic E-state index is 12.5. The van der Waals surface area contributed by atoms with Crippen LogP contribution in [0.3, 0.4) is 0 Å². The Labute approximate surface area is 121 Å². The van der Waals surface area contributed by atoms with Crippen molar-refractivity contribution in [3.8, 4) is 0 Å². The lowest BCUT2D eigenvalue weighted by molar-refractivity contribution is -0.137. The van der Waals surface area contributed by atoms with Gasteiger partial charge >= 0.3 is 6.18 Å². The predicted octanol–water partition coefficient (Wildman–Crippen LogP) is 5.65. The summed E-state index contributed by atoms with van der Waals surface area (Å²) < 4.78 is 37.6. The molecule has 20 heavy (non-hydrogen) atoms. The Hall–Kier alpha value is -1.48. The first-order chi connectivity index (χ1) is 9.29. The topological polar surface area (TPSA) is 0 Å². The van der Waals surface area contributed by atoms with E-state index in [9.17, 15) is 13.2 Å². The molecule has 0 aliphatic heterocycles. The zero-order valence-electron chi connectivity index (χ0n) is 11.1. The molecule has 0 fully saturated rings. The maximum Gasteiger partial charge on any atom is 0.416 e. The van der Waals surface area contributed by atoms with E-state index in [0.717, 1.165) is 28.8 Å². The second-order valence-corrected chi connectivity index (χ2v) is 5.28. The molecule has 0 radical (unpaired) electrons. The molecule has 2 aromatic rings. The van der Waals surface area contributed by atoms with Crippen LogP contribution in [0.25, 0.3) is 0 Å². The lowest BCUT2D eigenvalue weighted by Crippen LogP contribution is -2.05. The van der Waals surface area contributed by atoms with Gasteiger partial charge in [0.05, 0.1) is 10.9 Å². The van der Waals surface area contributed by atoms with Gasteiger partial charge in [0, 0.05) is 0 Å². The third-order valence-corrected chi connectivity index (χ3v) is 3.73. The SMILES string of the molecule is Cc1ccc(C)c(C(Cl)c2ccc(C(F)(F)F)cc2)c1. The summed E-state index contributed by atoms with van der Waals surface area (Å²) in [7, 11) is 0. The monoisotopic (exact) mass is 298 g/mol. The van der Waals surface area contributed by atoms with E-state index in [0.29, 0.717) is 5.56 Å². The van der Waals surface area contributed by atoms with Crippen LogP contribution in [-0.4, -0.2) is 0 Å². The number of benzene rings is 2. The summed E-state index contributed by atoms with van der Waals surface area (Å²) in [6, 6.07) is 10.9. The van der Waals surface area contributed by atoms with Crippen molar-refractivity contribution in [1.82, 2.24) is 0 Å². The second-order valence-electron chi connectivity index (χ2n) is 4.84. The quantitative estimate of drug-likeness (QED) is 0.628. The largest absolute Gasteiger partial charge is 0.416 e. The predicted molar refractivity (Wildman–Crippen MR) is 75.1 cm³/mol. The molecule has 0 N–H and O–H groups in total. The first-order valence-electron chi connectivity index (χ1n) is 6.17. The minimum absolute atomic E-state index is 0.447. The zero-order chi connectivity index (χ0) is 14.9. The molecule has 0 spiro atoms. The Kier molecular flexibility index (Phi) is 4.09. The van der Waals surface area contributed by atoms with E-state index in [2.05, 4.69) is 0 Å². The summed E-state index contributed by atoms with van der Waals surface area (Å²) in [5.74, 6) is 0. The molecule has 1 unspecified atom stereocenters. The first kappa shape index (κ1) is 14.9. The summed E-state index contributed by atoms with van der Waals surface area (Å²) >= 11 is 6.39. The summed E-state index contributed by atoms with van der Waals surface area (Å²) in [6.45, 7) is 3.90. The number of halogens is 4. The Morgan fingerprint density at radius 1 is 0.950 bits per heavy atom. The highest BCUT2D eigenvalue weighted by molar-refractivity contribution is 6.22. The Bertz CT molecular complexity index is 600. The van der Waals surface area contributed by atoms with Crippen molar-refractivity contribution in [3.63, 3.8) is 0 Å². The van der Waals surface area contributed by atoms with Gasteiger partial charge in [0.1, 0.15) is 0 Å². The molecule has 2 rings (SSSR count). The van der Waals surface area contributed by atoms with Crippen LogP contribution in [0.15, 0.2) is 42.5 Å².